The Hall–Kier alpha value is -2.26. The molecule has 30 heavy (non-hydrogen) atoms. The van der Waals surface area contributed by atoms with E-state index in [1.807, 2.05) is 32.0 Å². The lowest BCUT2D eigenvalue weighted by Gasteiger charge is -2.12. The van der Waals surface area contributed by atoms with Crippen LogP contribution in [0, 0.1) is 0 Å². The molecule has 1 saturated heterocycles. The Balaban J connectivity index is 1.66. The van der Waals surface area contributed by atoms with Crippen LogP contribution in [-0.4, -0.2) is 39.7 Å². The van der Waals surface area contributed by atoms with Gasteiger partial charge in [-0.2, -0.15) is 0 Å². The molecule has 8 heteroatoms. The van der Waals surface area contributed by atoms with Crippen molar-refractivity contribution in [1.82, 2.24) is 4.72 Å². The van der Waals surface area contributed by atoms with Crippen molar-refractivity contribution in [2.75, 3.05) is 18.5 Å². The Labute approximate surface area is 177 Å². The third kappa shape index (κ3) is 6.37. The van der Waals surface area contributed by atoms with Gasteiger partial charge >= 0.3 is 0 Å². The van der Waals surface area contributed by atoms with Crippen LogP contribution in [0.4, 0.5) is 5.69 Å². The number of carbonyl (C=O) groups is 1. The molecule has 3 rings (SSSR count). The minimum atomic E-state index is -3.73. The fourth-order valence-electron chi connectivity index (χ4n) is 3.10. The maximum atomic E-state index is 12.7. The zero-order chi connectivity index (χ0) is 21.6. The van der Waals surface area contributed by atoms with Crippen molar-refractivity contribution in [1.29, 1.82) is 0 Å². The Morgan fingerprint density at radius 1 is 1.20 bits per heavy atom. The highest BCUT2D eigenvalue weighted by Crippen LogP contribution is 2.17. The molecule has 2 N–H and O–H groups in total. The van der Waals surface area contributed by atoms with Gasteiger partial charge in [-0.1, -0.05) is 18.2 Å². The molecule has 0 saturated carbocycles. The van der Waals surface area contributed by atoms with Crippen LogP contribution in [0.3, 0.4) is 0 Å². The number of benzene rings is 2. The van der Waals surface area contributed by atoms with E-state index in [4.69, 9.17) is 9.47 Å². The number of amides is 1. The number of rotatable bonds is 9. The molecule has 0 bridgehead atoms. The normalized spacial score (nSPS) is 16.7. The first kappa shape index (κ1) is 22.4. The molecule has 162 valence electrons. The molecule has 2 aromatic rings. The average Bonchev–Trinajstić information content (AvgIpc) is 3.25. The quantitative estimate of drug-likeness (QED) is 0.634. The number of nitrogens with one attached hydrogen (secondary N) is 2. The number of hydrogen-bond donors (Lipinski definition) is 2. The molecule has 0 spiro atoms. The monoisotopic (exact) mass is 432 g/mol. The summed E-state index contributed by atoms with van der Waals surface area (Å²) in [5, 5.41) is 2.81. The molecule has 0 aromatic heterocycles. The Bertz CT molecular complexity index is 969. The fourth-order valence-corrected chi connectivity index (χ4v) is 4.21. The maximum absolute atomic E-state index is 12.7. The van der Waals surface area contributed by atoms with E-state index in [-0.39, 0.29) is 35.1 Å². The number of sulfonamides is 1. The molecule has 1 aliphatic heterocycles. The molecule has 0 radical (unpaired) electrons. The largest absolute Gasteiger partial charge is 0.377 e. The lowest BCUT2D eigenvalue weighted by atomic mass is 10.2. The average molecular weight is 433 g/mol. The molecule has 1 amide bonds. The van der Waals surface area contributed by atoms with Crippen LogP contribution in [0.2, 0.25) is 0 Å². The first-order valence-corrected chi connectivity index (χ1v) is 11.5. The Morgan fingerprint density at radius 2 is 2.00 bits per heavy atom. The highest BCUT2D eigenvalue weighted by molar-refractivity contribution is 7.89. The van der Waals surface area contributed by atoms with Crippen molar-refractivity contribution < 1.29 is 22.7 Å². The predicted molar refractivity (Wildman–Crippen MR) is 115 cm³/mol. The molecule has 1 heterocycles. The molecule has 0 aliphatic carbocycles. The van der Waals surface area contributed by atoms with Gasteiger partial charge < -0.3 is 14.8 Å². The van der Waals surface area contributed by atoms with Crippen molar-refractivity contribution in [3.8, 4) is 0 Å². The van der Waals surface area contributed by atoms with Crippen LogP contribution in [0.1, 0.15) is 42.6 Å². The van der Waals surface area contributed by atoms with E-state index >= 15 is 0 Å². The van der Waals surface area contributed by atoms with Crippen LogP contribution in [0.25, 0.3) is 0 Å². The van der Waals surface area contributed by atoms with E-state index in [0.717, 1.165) is 18.4 Å². The summed E-state index contributed by atoms with van der Waals surface area (Å²) in [6, 6.07) is 13.4. The summed E-state index contributed by atoms with van der Waals surface area (Å²) in [6.07, 6.45) is 1.79. The van der Waals surface area contributed by atoms with Crippen LogP contribution in [0.5, 0.6) is 0 Å². The van der Waals surface area contributed by atoms with Gasteiger partial charge in [0.1, 0.15) is 0 Å². The minimum Gasteiger partial charge on any atom is -0.377 e. The zero-order valence-electron chi connectivity index (χ0n) is 17.3. The number of hydrogen-bond acceptors (Lipinski definition) is 5. The lowest BCUT2D eigenvalue weighted by molar-refractivity contribution is 0.0657. The third-order valence-corrected chi connectivity index (χ3v) is 6.12. The van der Waals surface area contributed by atoms with Gasteiger partial charge in [0.15, 0.2) is 0 Å². The van der Waals surface area contributed by atoms with E-state index in [9.17, 15) is 13.2 Å². The molecular formula is C22H28N2O5S. The van der Waals surface area contributed by atoms with E-state index in [1.54, 1.807) is 18.2 Å². The molecular weight excluding hydrogens is 404 g/mol. The van der Waals surface area contributed by atoms with Gasteiger partial charge in [0.25, 0.3) is 5.91 Å². The summed E-state index contributed by atoms with van der Waals surface area (Å²) in [6.45, 7) is 5.26. The van der Waals surface area contributed by atoms with Gasteiger partial charge in [-0.3, -0.25) is 4.79 Å². The first-order valence-electron chi connectivity index (χ1n) is 10.1. The molecule has 2 aromatic carbocycles. The lowest BCUT2D eigenvalue weighted by Crippen LogP contribution is -2.32. The first-order chi connectivity index (χ1) is 14.3. The van der Waals surface area contributed by atoms with Gasteiger partial charge in [-0.05, 0) is 62.6 Å². The van der Waals surface area contributed by atoms with Crippen molar-refractivity contribution in [3.63, 3.8) is 0 Å². The summed E-state index contributed by atoms with van der Waals surface area (Å²) in [5.74, 6) is -0.381. The standard InChI is InChI=1S/C22H28N2O5S/c1-16(2)29-15-17-6-3-8-19(12-17)24-22(25)18-7-4-10-21(13-18)30(26,27)23-14-20-9-5-11-28-20/h3-4,6-8,10,12-13,16,20,23H,5,9,11,14-15H2,1-2H3,(H,24,25). The second-order valence-corrected chi connectivity index (χ2v) is 9.30. The second kappa shape index (κ2) is 10.2. The molecule has 7 nitrogen and oxygen atoms in total. The van der Waals surface area contributed by atoms with Crippen LogP contribution in [0.15, 0.2) is 53.4 Å². The van der Waals surface area contributed by atoms with Gasteiger partial charge in [0.05, 0.1) is 23.7 Å². The molecule has 1 fully saturated rings. The Kier molecular flexibility index (Phi) is 7.60. The topological polar surface area (TPSA) is 93.7 Å². The van der Waals surface area contributed by atoms with Gasteiger partial charge in [0, 0.05) is 24.4 Å². The van der Waals surface area contributed by atoms with Crippen LogP contribution >= 0.6 is 0 Å². The summed E-state index contributed by atoms with van der Waals surface area (Å²) in [5.41, 5.74) is 1.82. The van der Waals surface area contributed by atoms with Crippen molar-refractivity contribution in [2.45, 2.75) is 50.4 Å². The number of anilines is 1. The van der Waals surface area contributed by atoms with E-state index in [2.05, 4.69) is 10.0 Å². The SMILES string of the molecule is CC(C)OCc1cccc(NC(=O)c2cccc(S(=O)(=O)NCC3CCCO3)c2)c1. The molecule has 1 aliphatic rings. The fraction of sp³-hybridized carbons (Fsp3) is 0.409. The molecule has 1 atom stereocenters. The van der Waals surface area contributed by atoms with Crippen molar-refractivity contribution in [2.24, 2.45) is 0 Å². The van der Waals surface area contributed by atoms with Crippen LogP contribution < -0.4 is 10.0 Å². The number of ether oxygens (including phenoxy) is 2. The van der Waals surface area contributed by atoms with Gasteiger partial charge in [0.2, 0.25) is 10.0 Å². The van der Waals surface area contributed by atoms with Crippen LogP contribution in [-0.2, 0) is 26.1 Å². The van der Waals surface area contributed by atoms with Gasteiger partial charge in [-0.15, -0.1) is 0 Å². The van der Waals surface area contributed by atoms with Crippen molar-refractivity contribution >= 4 is 21.6 Å². The third-order valence-electron chi connectivity index (χ3n) is 4.70. The summed E-state index contributed by atoms with van der Waals surface area (Å²) >= 11 is 0. The number of carbonyl (C=O) groups excluding carboxylic acids is 1. The second-order valence-electron chi connectivity index (χ2n) is 7.53. The molecule has 1 unspecified atom stereocenters. The van der Waals surface area contributed by atoms with E-state index in [0.29, 0.717) is 18.9 Å². The van der Waals surface area contributed by atoms with E-state index in [1.165, 1.54) is 12.1 Å². The Morgan fingerprint density at radius 3 is 2.73 bits per heavy atom. The smallest absolute Gasteiger partial charge is 0.255 e. The summed E-state index contributed by atoms with van der Waals surface area (Å²) in [4.78, 5) is 12.7. The summed E-state index contributed by atoms with van der Waals surface area (Å²) < 4.78 is 38.8. The highest BCUT2D eigenvalue weighted by atomic mass is 32.2. The highest BCUT2D eigenvalue weighted by Gasteiger charge is 2.21. The minimum absolute atomic E-state index is 0.0484. The summed E-state index contributed by atoms with van der Waals surface area (Å²) in [7, 11) is -3.73. The predicted octanol–water partition coefficient (Wildman–Crippen LogP) is 3.32. The van der Waals surface area contributed by atoms with Gasteiger partial charge in [-0.25, -0.2) is 13.1 Å². The zero-order valence-corrected chi connectivity index (χ0v) is 18.1. The maximum Gasteiger partial charge on any atom is 0.255 e. The van der Waals surface area contributed by atoms with Crippen molar-refractivity contribution in [3.05, 3.63) is 59.7 Å². The van der Waals surface area contributed by atoms with E-state index < -0.39 is 10.0 Å².